The number of piperidine rings is 2. The highest BCUT2D eigenvalue weighted by atomic mass is 32.1. The van der Waals surface area contributed by atoms with Crippen LogP contribution in [0.3, 0.4) is 0 Å². The number of aliphatic hydroxyl groups is 1. The maximum Gasteiger partial charge on any atom is 0.265 e. The van der Waals surface area contributed by atoms with E-state index >= 15 is 0 Å². The Kier molecular flexibility index (Phi) is 9.02. The molecule has 0 unspecified atom stereocenters. The standard InChI is InChI=1S/C40H39N7O4S/c1-27-12-13-29(22-41-27)36-42-23-34(52-36)39(50)45-18-14-31(33(24-45)28-8-4-2-5-9-28)37(48)44-20-16-40(51,17-21-44)25-46-26-43-35-32(38(46)49)15-19-47(35)30-10-6-3-7-11-30/h2-13,15,19,22-23,26,31,33,51H,14,16-18,20-21,24-25H2,1H3/t31-,33+/m1/s1. The van der Waals surface area contributed by atoms with Gasteiger partial charge in [0.25, 0.3) is 11.5 Å². The first-order valence-corrected chi connectivity index (χ1v) is 18.4. The summed E-state index contributed by atoms with van der Waals surface area (Å²) >= 11 is 1.35. The lowest BCUT2D eigenvalue weighted by Crippen LogP contribution is -2.53. The minimum atomic E-state index is -1.16. The van der Waals surface area contributed by atoms with Crippen molar-refractivity contribution in [3.63, 3.8) is 0 Å². The number of thiazole rings is 1. The summed E-state index contributed by atoms with van der Waals surface area (Å²) in [6, 6.07) is 25.3. The third kappa shape index (κ3) is 6.55. The van der Waals surface area contributed by atoms with E-state index in [9.17, 15) is 19.5 Å². The SMILES string of the molecule is Cc1ccc(-c2ncc(C(=O)N3CC[C@@H](C(=O)N4CCC(O)(Cn5cnc6c(ccn6-c6ccccc6)c5=O)CC4)[C@H](c4ccccc4)C3)s2)cn1. The summed E-state index contributed by atoms with van der Waals surface area (Å²) in [4.78, 5) is 59.2. The van der Waals surface area contributed by atoms with E-state index in [4.69, 9.17) is 0 Å². The number of carbonyl (C=O) groups excluding carboxylic acids is 2. The van der Waals surface area contributed by atoms with Crippen LogP contribution in [0.5, 0.6) is 0 Å². The van der Waals surface area contributed by atoms with Crippen molar-refractivity contribution in [2.75, 3.05) is 26.2 Å². The number of likely N-dealkylation sites (tertiary alicyclic amines) is 2. The van der Waals surface area contributed by atoms with E-state index in [2.05, 4.69) is 15.0 Å². The molecule has 6 heterocycles. The average molecular weight is 714 g/mol. The third-order valence-corrected chi connectivity index (χ3v) is 11.5. The summed E-state index contributed by atoms with van der Waals surface area (Å²) in [5.41, 5.74) is 2.92. The Morgan fingerprint density at radius 2 is 1.63 bits per heavy atom. The zero-order valence-corrected chi connectivity index (χ0v) is 29.7. The van der Waals surface area contributed by atoms with Gasteiger partial charge in [0.05, 0.1) is 23.7 Å². The van der Waals surface area contributed by atoms with Crippen molar-refractivity contribution in [1.29, 1.82) is 0 Å². The molecule has 0 saturated carbocycles. The van der Waals surface area contributed by atoms with E-state index in [1.54, 1.807) is 18.5 Å². The molecule has 2 aliphatic rings. The van der Waals surface area contributed by atoms with Gasteiger partial charge in [-0.25, -0.2) is 9.97 Å². The van der Waals surface area contributed by atoms with Crippen LogP contribution in [0.1, 0.15) is 46.1 Å². The van der Waals surface area contributed by atoms with Crippen molar-refractivity contribution in [2.24, 2.45) is 5.92 Å². The molecule has 2 aliphatic heterocycles. The maximum absolute atomic E-state index is 14.2. The molecule has 2 saturated heterocycles. The molecule has 2 amide bonds. The van der Waals surface area contributed by atoms with E-state index in [-0.39, 0.29) is 35.8 Å². The quantitative estimate of drug-likeness (QED) is 0.238. The fraction of sp³-hybridized carbons (Fsp3) is 0.300. The zero-order chi connectivity index (χ0) is 35.8. The number of carbonyl (C=O) groups is 2. The second kappa shape index (κ2) is 13.9. The van der Waals surface area contributed by atoms with Crippen molar-refractivity contribution in [3.05, 3.63) is 130 Å². The first-order valence-electron chi connectivity index (χ1n) is 17.6. The first kappa shape index (κ1) is 33.7. The van der Waals surface area contributed by atoms with Crippen LogP contribution >= 0.6 is 11.3 Å². The lowest BCUT2D eigenvalue weighted by molar-refractivity contribution is -0.142. The molecule has 6 aromatic rings. The van der Waals surface area contributed by atoms with Crippen LogP contribution in [0.25, 0.3) is 27.3 Å². The Morgan fingerprint density at radius 3 is 2.37 bits per heavy atom. The first-order chi connectivity index (χ1) is 25.3. The molecule has 2 atom stereocenters. The van der Waals surface area contributed by atoms with Crippen molar-refractivity contribution in [3.8, 4) is 16.3 Å². The van der Waals surface area contributed by atoms with E-state index in [1.807, 2.05) is 100 Å². The molecule has 12 heteroatoms. The number of nitrogens with zero attached hydrogens (tertiary/aromatic N) is 7. The molecule has 52 heavy (non-hydrogen) atoms. The van der Waals surface area contributed by atoms with E-state index in [0.717, 1.165) is 27.5 Å². The lowest BCUT2D eigenvalue weighted by Gasteiger charge is -2.43. The second-order valence-electron chi connectivity index (χ2n) is 13.9. The van der Waals surface area contributed by atoms with Crippen LogP contribution in [0.15, 0.2) is 109 Å². The molecule has 0 bridgehead atoms. The summed E-state index contributed by atoms with van der Waals surface area (Å²) in [6.07, 6.45) is 7.95. The minimum Gasteiger partial charge on any atom is -0.388 e. The molecule has 8 rings (SSSR count). The number of rotatable bonds is 7. The predicted octanol–water partition coefficient (Wildman–Crippen LogP) is 5.31. The van der Waals surface area contributed by atoms with Gasteiger partial charge in [0.1, 0.15) is 16.2 Å². The number of amides is 2. The fourth-order valence-corrected chi connectivity index (χ4v) is 8.42. The molecule has 0 aliphatic carbocycles. The van der Waals surface area contributed by atoms with Crippen molar-refractivity contribution in [2.45, 2.75) is 44.2 Å². The number of fused-ring (bicyclic) bond motifs is 1. The van der Waals surface area contributed by atoms with Gasteiger partial charge >= 0.3 is 0 Å². The largest absolute Gasteiger partial charge is 0.388 e. The molecule has 0 spiro atoms. The Morgan fingerprint density at radius 1 is 0.885 bits per heavy atom. The number of benzene rings is 2. The van der Waals surface area contributed by atoms with Crippen LogP contribution in [-0.2, 0) is 11.3 Å². The van der Waals surface area contributed by atoms with Gasteiger partial charge in [0.15, 0.2) is 5.65 Å². The highest BCUT2D eigenvalue weighted by Gasteiger charge is 2.42. The molecule has 0 radical (unpaired) electrons. The number of aromatic nitrogens is 5. The normalized spacial score (nSPS) is 18.8. The van der Waals surface area contributed by atoms with Gasteiger partial charge in [-0.3, -0.25) is 23.9 Å². The maximum atomic E-state index is 14.2. The van der Waals surface area contributed by atoms with Gasteiger partial charge in [-0.15, -0.1) is 11.3 Å². The Hall–Kier alpha value is -5.46. The molecular weight excluding hydrogens is 675 g/mol. The second-order valence-corrected chi connectivity index (χ2v) is 14.9. The van der Waals surface area contributed by atoms with Crippen LogP contribution < -0.4 is 5.56 Å². The summed E-state index contributed by atoms with van der Waals surface area (Å²) in [7, 11) is 0. The van der Waals surface area contributed by atoms with Crippen molar-refractivity contribution >= 4 is 34.2 Å². The van der Waals surface area contributed by atoms with Gasteiger partial charge in [0, 0.05) is 67.4 Å². The number of aryl methyl sites for hydroxylation is 1. The molecule has 1 N–H and O–H groups in total. The molecular formula is C40H39N7O4S. The highest BCUT2D eigenvalue weighted by Crippen LogP contribution is 2.37. The molecule has 264 valence electrons. The Labute approximate surface area is 304 Å². The van der Waals surface area contributed by atoms with Crippen LogP contribution in [0, 0.1) is 12.8 Å². The van der Waals surface area contributed by atoms with Gasteiger partial charge in [-0.05, 0) is 62.1 Å². The molecule has 2 aromatic carbocycles. The number of hydrogen-bond donors (Lipinski definition) is 1. The van der Waals surface area contributed by atoms with Crippen molar-refractivity contribution in [1.82, 2.24) is 33.9 Å². The van der Waals surface area contributed by atoms with E-state index in [1.165, 1.54) is 22.2 Å². The minimum absolute atomic E-state index is 0.0393. The average Bonchev–Trinajstić information content (AvgIpc) is 3.85. The van der Waals surface area contributed by atoms with Crippen molar-refractivity contribution < 1.29 is 14.7 Å². The molecule has 4 aromatic heterocycles. The fourth-order valence-electron chi connectivity index (χ4n) is 7.54. The molecule has 2 fully saturated rings. The van der Waals surface area contributed by atoms with E-state index < -0.39 is 5.60 Å². The van der Waals surface area contributed by atoms with Crippen LogP contribution in [0.4, 0.5) is 0 Å². The Balaban J connectivity index is 0.944. The van der Waals surface area contributed by atoms with Crippen LogP contribution in [-0.4, -0.2) is 82.6 Å². The Bertz CT molecular complexity index is 2280. The third-order valence-electron chi connectivity index (χ3n) is 10.5. The topological polar surface area (TPSA) is 126 Å². The summed E-state index contributed by atoms with van der Waals surface area (Å²) in [5.74, 6) is -0.535. The molecule has 11 nitrogen and oxygen atoms in total. The summed E-state index contributed by atoms with van der Waals surface area (Å²) in [5, 5.41) is 12.9. The zero-order valence-electron chi connectivity index (χ0n) is 28.8. The highest BCUT2D eigenvalue weighted by molar-refractivity contribution is 7.16. The van der Waals surface area contributed by atoms with Gasteiger partial charge in [0.2, 0.25) is 5.91 Å². The summed E-state index contributed by atoms with van der Waals surface area (Å²) < 4.78 is 3.36. The van der Waals surface area contributed by atoms with Gasteiger partial charge in [-0.2, -0.15) is 0 Å². The predicted molar refractivity (Wildman–Crippen MR) is 199 cm³/mol. The van der Waals surface area contributed by atoms with E-state index in [0.29, 0.717) is 61.4 Å². The number of para-hydroxylation sites is 1. The van der Waals surface area contributed by atoms with Gasteiger partial charge < -0.3 is 19.5 Å². The monoisotopic (exact) mass is 713 g/mol. The smallest absolute Gasteiger partial charge is 0.265 e. The lowest BCUT2D eigenvalue weighted by atomic mass is 9.79. The number of pyridine rings is 1. The number of hydrogen-bond acceptors (Lipinski definition) is 8. The summed E-state index contributed by atoms with van der Waals surface area (Å²) in [6.45, 7) is 3.66. The van der Waals surface area contributed by atoms with Crippen LogP contribution in [0.2, 0.25) is 0 Å². The van der Waals surface area contributed by atoms with Gasteiger partial charge in [-0.1, -0.05) is 48.5 Å².